The summed E-state index contributed by atoms with van der Waals surface area (Å²) in [6.07, 6.45) is 0. The molecule has 1 aliphatic heterocycles. The first-order valence-electron chi connectivity index (χ1n) is 4.91. The normalized spacial score (nSPS) is 13.6. The summed E-state index contributed by atoms with van der Waals surface area (Å²) in [5.74, 6) is -1.25. The number of benzene rings is 1. The molecule has 2 N–H and O–H groups in total. The smallest absolute Gasteiger partial charge is 0.335 e. The number of carboxylic acids is 1. The largest absolute Gasteiger partial charge is 0.478 e. The van der Waals surface area contributed by atoms with Gasteiger partial charge in [0.25, 0.3) is 0 Å². The number of nitrogens with zero attached hydrogens (tertiary/aromatic N) is 2. The van der Waals surface area contributed by atoms with Crippen LogP contribution < -0.4 is 10.2 Å². The van der Waals surface area contributed by atoms with E-state index in [0.29, 0.717) is 11.4 Å². The van der Waals surface area contributed by atoms with Crippen molar-refractivity contribution in [1.29, 1.82) is 5.26 Å². The summed E-state index contributed by atoms with van der Waals surface area (Å²) >= 11 is 0. The molecule has 86 valence electrons. The van der Waals surface area contributed by atoms with Crippen molar-refractivity contribution >= 4 is 23.3 Å². The third kappa shape index (κ3) is 2.03. The van der Waals surface area contributed by atoms with Gasteiger partial charge in [0, 0.05) is 0 Å². The Morgan fingerprint density at radius 1 is 1.59 bits per heavy atom. The van der Waals surface area contributed by atoms with Crippen molar-refractivity contribution in [1.82, 2.24) is 0 Å². The van der Waals surface area contributed by atoms with Crippen molar-refractivity contribution in [3.05, 3.63) is 23.8 Å². The van der Waals surface area contributed by atoms with Gasteiger partial charge >= 0.3 is 5.97 Å². The first-order chi connectivity index (χ1) is 8.11. The number of carbonyl (C=O) groups is 2. The van der Waals surface area contributed by atoms with Crippen LogP contribution in [0, 0.1) is 11.3 Å². The first kappa shape index (κ1) is 11.0. The van der Waals surface area contributed by atoms with Gasteiger partial charge in [0.05, 0.1) is 29.6 Å². The fourth-order valence-corrected chi connectivity index (χ4v) is 1.71. The Bertz CT molecular complexity index is 533. The number of hydrogen-bond acceptors (Lipinski definition) is 4. The van der Waals surface area contributed by atoms with Crippen LogP contribution in [0.2, 0.25) is 0 Å². The average molecular weight is 231 g/mol. The molecular weight excluding hydrogens is 222 g/mol. The molecule has 2 rings (SSSR count). The van der Waals surface area contributed by atoms with E-state index in [1.54, 1.807) is 4.90 Å². The van der Waals surface area contributed by atoms with Gasteiger partial charge in [-0.2, -0.15) is 5.26 Å². The molecule has 1 aromatic rings. The van der Waals surface area contributed by atoms with Crippen LogP contribution in [0.15, 0.2) is 18.2 Å². The lowest BCUT2D eigenvalue weighted by Gasteiger charge is -2.28. The average Bonchev–Trinajstić information content (AvgIpc) is 2.28. The van der Waals surface area contributed by atoms with Gasteiger partial charge in [0.2, 0.25) is 5.91 Å². The maximum absolute atomic E-state index is 11.4. The second kappa shape index (κ2) is 4.14. The molecule has 6 heteroatoms. The Kier molecular flexibility index (Phi) is 2.66. The van der Waals surface area contributed by atoms with Crippen molar-refractivity contribution in [2.24, 2.45) is 0 Å². The second-order valence-electron chi connectivity index (χ2n) is 3.60. The van der Waals surface area contributed by atoms with E-state index < -0.39 is 5.97 Å². The number of carboxylic acid groups (broad SMARTS) is 1. The predicted octanol–water partition coefficient (Wildman–Crippen LogP) is 0.667. The number of nitriles is 1. The molecule has 1 aliphatic rings. The maximum atomic E-state index is 11.4. The molecule has 0 unspecified atom stereocenters. The third-order valence-corrected chi connectivity index (χ3v) is 2.46. The number of amides is 1. The molecule has 1 aromatic carbocycles. The van der Waals surface area contributed by atoms with Crippen LogP contribution in [-0.2, 0) is 4.79 Å². The third-order valence-electron chi connectivity index (χ3n) is 2.46. The number of fused-ring (bicyclic) bond motifs is 1. The number of aromatic carboxylic acids is 1. The minimum atomic E-state index is -1.04. The van der Waals surface area contributed by atoms with Gasteiger partial charge < -0.3 is 15.3 Å². The lowest BCUT2D eigenvalue weighted by Crippen LogP contribution is -2.38. The summed E-state index contributed by atoms with van der Waals surface area (Å²) in [6, 6.07) is 6.34. The van der Waals surface area contributed by atoms with Crippen LogP contribution in [0.4, 0.5) is 11.4 Å². The molecule has 1 amide bonds. The quantitative estimate of drug-likeness (QED) is 0.729. The van der Waals surface area contributed by atoms with Crippen LogP contribution in [0.25, 0.3) is 0 Å². The van der Waals surface area contributed by atoms with E-state index in [4.69, 9.17) is 10.4 Å². The lowest BCUT2D eigenvalue weighted by molar-refractivity contribution is -0.115. The molecule has 0 aliphatic carbocycles. The van der Waals surface area contributed by atoms with Gasteiger partial charge in [0.1, 0.15) is 6.54 Å². The zero-order chi connectivity index (χ0) is 12.4. The maximum Gasteiger partial charge on any atom is 0.335 e. The zero-order valence-corrected chi connectivity index (χ0v) is 8.80. The summed E-state index contributed by atoms with van der Waals surface area (Å²) in [5.41, 5.74) is 1.22. The lowest BCUT2D eigenvalue weighted by atomic mass is 10.1. The standard InChI is InChI=1S/C11H9N3O3/c12-3-4-14-6-10(15)13-8-2-1-7(11(16)17)5-9(8)14/h1-2,5H,4,6H2,(H,13,15)(H,16,17). The van der Waals surface area contributed by atoms with E-state index in [1.807, 2.05) is 6.07 Å². The van der Waals surface area contributed by atoms with Crippen LogP contribution >= 0.6 is 0 Å². The van der Waals surface area contributed by atoms with Gasteiger partial charge in [-0.25, -0.2) is 4.79 Å². The molecule has 0 spiro atoms. The van der Waals surface area contributed by atoms with Crippen molar-refractivity contribution < 1.29 is 14.7 Å². The minimum absolute atomic E-state index is 0.0451. The number of nitrogens with one attached hydrogen (secondary N) is 1. The van der Waals surface area contributed by atoms with Crippen LogP contribution in [-0.4, -0.2) is 30.1 Å². The molecule has 6 nitrogen and oxygen atoms in total. The summed E-state index contributed by atoms with van der Waals surface area (Å²) in [4.78, 5) is 23.7. The Morgan fingerprint density at radius 2 is 2.35 bits per heavy atom. The highest BCUT2D eigenvalue weighted by Crippen LogP contribution is 2.30. The SMILES string of the molecule is N#CCN1CC(=O)Nc2ccc(C(=O)O)cc21. The highest BCUT2D eigenvalue weighted by Gasteiger charge is 2.22. The van der Waals surface area contributed by atoms with Crippen LogP contribution in [0.3, 0.4) is 0 Å². The summed E-state index contributed by atoms with van der Waals surface area (Å²) in [5, 5.41) is 20.2. The highest BCUT2D eigenvalue weighted by molar-refractivity contribution is 6.02. The fourth-order valence-electron chi connectivity index (χ4n) is 1.71. The molecule has 0 saturated carbocycles. The topological polar surface area (TPSA) is 93.4 Å². The fraction of sp³-hybridized carbons (Fsp3) is 0.182. The molecule has 0 bridgehead atoms. The van der Waals surface area contributed by atoms with Crippen molar-refractivity contribution in [3.63, 3.8) is 0 Å². The molecular formula is C11H9N3O3. The van der Waals surface area contributed by atoms with Crippen molar-refractivity contribution in [3.8, 4) is 6.07 Å². The van der Waals surface area contributed by atoms with E-state index in [-0.39, 0.29) is 24.6 Å². The van der Waals surface area contributed by atoms with Crippen LogP contribution in [0.1, 0.15) is 10.4 Å². The van der Waals surface area contributed by atoms with E-state index in [0.717, 1.165) is 0 Å². The molecule has 0 aromatic heterocycles. The van der Waals surface area contributed by atoms with Gasteiger partial charge in [-0.1, -0.05) is 0 Å². The Morgan fingerprint density at radius 3 is 3.00 bits per heavy atom. The molecule has 17 heavy (non-hydrogen) atoms. The Balaban J connectivity index is 2.46. The molecule has 0 saturated heterocycles. The minimum Gasteiger partial charge on any atom is -0.478 e. The molecule has 0 atom stereocenters. The Hall–Kier alpha value is -2.55. The van der Waals surface area contributed by atoms with Crippen molar-refractivity contribution in [2.75, 3.05) is 23.3 Å². The molecule has 0 radical (unpaired) electrons. The summed E-state index contributed by atoms with van der Waals surface area (Å²) < 4.78 is 0. The molecule has 1 heterocycles. The number of hydrogen-bond donors (Lipinski definition) is 2. The summed E-state index contributed by atoms with van der Waals surface area (Å²) in [7, 11) is 0. The van der Waals surface area contributed by atoms with Gasteiger partial charge in [-0.15, -0.1) is 0 Å². The highest BCUT2D eigenvalue weighted by atomic mass is 16.4. The van der Waals surface area contributed by atoms with Crippen molar-refractivity contribution in [2.45, 2.75) is 0 Å². The van der Waals surface area contributed by atoms with E-state index in [1.165, 1.54) is 18.2 Å². The van der Waals surface area contributed by atoms with Crippen LogP contribution in [0.5, 0.6) is 0 Å². The first-order valence-corrected chi connectivity index (χ1v) is 4.91. The number of anilines is 2. The number of carbonyl (C=O) groups excluding carboxylic acids is 1. The predicted molar refractivity (Wildman–Crippen MR) is 59.9 cm³/mol. The monoisotopic (exact) mass is 231 g/mol. The molecule has 0 fully saturated rings. The van der Waals surface area contributed by atoms with Gasteiger partial charge in [-0.3, -0.25) is 4.79 Å². The van der Waals surface area contributed by atoms with E-state index >= 15 is 0 Å². The number of rotatable bonds is 2. The van der Waals surface area contributed by atoms with E-state index in [2.05, 4.69) is 5.32 Å². The zero-order valence-electron chi connectivity index (χ0n) is 8.80. The second-order valence-corrected chi connectivity index (χ2v) is 3.60. The van der Waals surface area contributed by atoms with Gasteiger partial charge in [-0.05, 0) is 18.2 Å². The Labute approximate surface area is 97.1 Å². The van der Waals surface area contributed by atoms with Gasteiger partial charge in [0.15, 0.2) is 0 Å². The van der Waals surface area contributed by atoms with E-state index in [9.17, 15) is 9.59 Å². The summed E-state index contributed by atoms with van der Waals surface area (Å²) in [6.45, 7) is 0.104.